The number of amides is 1. The van der Waals surface area contributed by atoms with Gasteiger partial charge < -0.3 is 14.6 Å². The van der Waals surface area contributed by atoms with E-state index >= 15 is 0 Å². The van der Waals surface area contributed by atoms with Crippen LogP contribution in [0.5, 0.6) is 0 Å². The summed E-state index contributed by atoms with van der Waals surface area (Å²) in [6.07, 6.45) is -0.122. The lowest BCUT2D eigenvalue weighted by molar-refractivity contribution is -0.148. The topological polar surface area (TPSA) is 81.4 Å². The maximum atomic E-state index is 12.5. The van der Waals surface area contributed by atoms with Crippen molar-refractivity contribution in [3.63, 3.8) is 0 Å². The van der Waals surface area contributed by atoms with E-state index in [2.05, 4.69) is 10.5 Å². The normalized spacial score (nSPS) is 12.1. The summed E-state index contributed by atoms with van der Waals surface area (Å²) in [6.45, 7) is 7.09. The number of ether oxygens (including phenoxy) is 1. The Kier molecular flexibility index (Phi) is 6.80. The largest absolute Gasteiger partial charge is 0.463 e. The Balaban J connectivity index is 2.17. The van der Waals surface area contributed by atoms with E-state index in [1.807, 2.05) is 6.07 Å². The van der Waals surface area contributed by atoms with Gasteiger partial charge in [-0.25, -0.2) is 0 Å². The van der Waals surface area contributed by atoms with Gasteiger partial charge in [0.1, 0.15) is 5.76 Å². The second kappa shape index (κ2) is 8.85. The molecule has 0 aliphatic rings. The van der Waals surface area contributed by atoms with Crippen LogP contribution >= 0.6 is 11.6 Å². The van der Waals surface area contributed by atoms with Crippen LogP contribution < -0.4 is 5.32 Å². The zero-order valence-electron chi connectivity index (χ0n) is 15.3. The fourth-order valence-electron chi connectivity index (χ4n) is 2.63. The SMILES string of the molecule is Cc1noc(C)c1CC(=O)N[C@@H](CC(=O)OC(C)C)c1ccccc1Cl. The first-order chi connectivity index (χ1) is 12.3. The molecule has 6 nitrogen and oxygen atoms in total. The van der Waals surface area contributed by atoms with Crippen molar-refractivity contribution in [2.24, 2.45) is 0 Å². The van der Waals surface area contributed by atoms with Crippen LogP contribution in [0.25, 0.3) is 0 Å². The summed E-state index contributed by atoms with van der Waals surface area (Å²) < 4.78 is 10.3. The molecule has 0 saturated carbocycles. The van der Waals surface area contributed by atoms with Crippen LogP contribution in [0.3, 0.4) is 0 Å². The molecular weight excluding hydrogens is 356 g/mol. The van der Waals surface area contributed by atoms with E-state index in [1.54, 1.807) is 45.9 Å². The van der Waals surface area contributed by atoms with Crippen molar-refractivity contribution < 1.29 is 18.8 Å². The Labute approximate surface area is 157 Å². The van der Waals surface area contributed by atoms with E-state index in [1.165, 1.54) is 0 Å². The van der Waals surface area contributed by atoms with E-state index in [-0.39, 0.29) is 24.9 Å². The summed E-state index contributed by atoms with van der Waals surface area (Å²) in [5, 5.41) is 7.21. The molecule has 0 radical (unpaired) electrons. The number of esters is 1. The Bertz CT molecular complexity index is 766. The molecule has 1 N–H and O–H groups in total. The minimum atomic E-state index is -0.581. The van der Waals surface area contributed by atoms with Crippen LogP contribution in [0, 0.1) is 13.8 Å². The quantitative estimate of drug-likeness (QED) is 0.743. The third-order valence-corrected chi connectivity index (χ3v) is 4.22. The minimum Gasteiger partial charge on any atom is -0.463 e. The molecule has 0 fully saturated rings. The number of carbonyl (C=O) groups excluding carboxylic acids is 2. The van der Waals surface area contributed by atoms with Crippen molar-refractivity contribution in [1.29, 1.82) is 0 Å². The lowest BCUT2D eigenvalue weighted by Gasteiger charge is -2.20. The lowest BCUT2D eigenvalue weighted by Crippen LogP contribution is -2.32. The van der Waals surface area contributed by atoms with Crippen molar-refractivity contribution in [3.8, 4) is 0 Å². The highest BCUT2D eigenvalue weighted by Crippen LogP contribution is 2.26. The molecule has 1 atom stereocenters. The van der Waals surface area contributed by atoms with E-state index in [0.29, 0.717) is 22.0 Å². The fourth-order valence-corrected chi connectivity index (χ4v) is 2.90. The number of nitrogens with zero attached hydrogens (tertiary/aromatic N) is 1. The third kappa shape index (κ3) is 5.33. The number of benzene rings is 1. The predicted molar refractivity (Wildman–Crippen MR) is 97.9 cm³/mol. The zero-order valence-corrected chi connectivity index (χ0v) is 16.1. The highest BCUT2D eigenvalue weighted by molar-refractivity contribution is 6.31. The van der Waals surface area contributed by atoms with Crippen molar-refractivity contribution in [1.82, 2.24) is 10.5 Å². The van der Waals surface area contributed by atoms with Crippen LogP contribution in [0.4, 0.5) is 0 Å². The second-order valence-corrected chi connectivity index (χ2v) is 6.77. The zero-order chi connectivity index (χ0) is 19.3. The molecule has 1 aromatic carbocycles. The summed E-state index contributed by atoms with van der Waals surface area (Å²) in [5.41, 5.74) is 2.08. The molecule has 1 amide bonds. The number of carbonyl (C=O) groups is 2. The summed E-state index contributed by atoms with van der Waals surface area (Å²) in [6, 6.07) is 6.52. The van der Waals surface area contributed by atoms with Gasteiger partial charge in [0.25, 0.3) is 0 Å². The Morgan fingerprint density at radius 2 is 1.96 bits per heavy atom. The van der Waals surface area contributed by atoms with E-state index in [4.69, 9.17) is 20.9 Å². The molecule has 2 rings (SSSR count). The standard InChI is InChI=1S/C19H23ClN2O4/c1-11(2)25-19(24)10-17(14-7-5-6-8-16(14)20)21-18(23)9-15-12(3)22-26-13(15)4/h5-8,11,17H,9-10H2,1-4H3,(H,21,23)/t17-/m0/s1. The number of hydrogen-bond donors (Lipinski definition) is 1. The highest BCUT2D eigenvalue weighted by atomic mass is 35.5. The molecule has 26 heavy (non-hydrogen) atoms. The molecule has 0 bridgehead atoms. The number of halogens is 1. The molecule has 0 aliphatic heterocycles. The molecule has 0 saturated heterocycles. The van der Waals surface area contributed by atoms with E-state index in [9.17, 15) is 9.59 Å². The Morgan fingerprint density at radius 3 is 2.54 bits per heavy atom. The Morgan fingerprint density at radius 1 is 1.27 bits per heavy atom. The van der Waals surface area contributed by atoms with Crippen molar-refractivity contribution in [2.45, 2.75) is 52.7 Å². The van der Waals surface area contributed by atoms with Gasteiger partial charge in [-0.2, -0.15) is 0 Å². The van der Waals surface area contributed by atoms with Crippen LogP contribution in [0.2, 0.25) is 5.02 Å². The molecule has 0 spiro atoms. The predicted octanol–water partition coefficient (Wildman–Crippen LogP) is 3.69. The lowest BCUT2D eigenvalue weighted by atomic mass is 10.0. The molecule has 7 heteroatoms. The van der Waals surface area contributed by atoms with Crippen LogP contribution in [0.1, 0.15) is 48.9 Å². The average molecular weight is 379 g/mol. The van der Waals surface area contributed by atoms with Gasteiger partial charge in [-0.3, -0.25) is 9.59 Å². The maximum Gasteiger partial charge on any atom is 0.308 e. The monoisotopic (exact) mass is 378 g/mol. The maximum absolute atomic E-state index is 12.5. The summed E-state index contributed by atoms with van der Waals surface area (Å²) >= 11 is 6.26. The van der Waals surface area contributed by atoms with Crippen LogP contribution in [-0.2, 0) is 20.7 Å². The number of hydrogen-bond acceptors (Lipinski definition) is 5. The summed E-state index contributed by atoms with van der Waals surface area (Å²) in [5.74, 6) is -0.0459. The molecule has 2 aromatic rings. The molecule has 1 aromatic heterocycles. The van der Waals surface area contributed by atoms with Gasteiger partial charge >= 0.3 is 5.97 Å². The Hall–Kier alpha value is -2.34. The van der Waals surface area contributed by atoms with Gasteiger partial charge in [0.2, 0.25) is 5.91 Å². The molecule has 1 heterocycles. The molecule has 140 valence electrons. The van der Waals surface area contributed by atoms with Crippen molar-refractivity contribution in [3.05, 3.63) is 51.9 Å². The van der Waals surface area contributed by atoms with E-state index < -0.39 is 12.0 Å². The van der Waals surface area contributed by atoms with Gasteiger partial charge in [0.15, 0.2) is 0 Å². The fraction of sp³-hybridized carbons (Fsp3) is 0.421. The average Bonchev–Trinajstić information content (AvgIpc) is 2.86. The van der Waals surface area contributed by atoms with Gasteiger partial charge in [-0.1, -0.05) is 35.0 Å². The second-order valence-electron chi connectivity index (χ2n) is 6.36. The van der Waals surface area contributed by atoms with Crippen LogP contribution in [-0.4, -0.2) is 23.1 Å². The minimum absolute atomic E-state index is 0.00471. The number of aromatic nitrogens is 1. The summed E-state index contributed by atoms with van der Waals surface area (Å²) in [4.78, 5) is 24.7. The first-order valence-electron chi connectivity index (χ1n) is 8.43. The molecule has 0 aliphatic carbocycles. The van der Waals surface area contributed by atoms with Gasteiger partial charge in [0.05, 0.1) is 30.7 Å². The number of rotatable bonds is 7. The smallest absolute Gasteiger partial charge is 0.308 e. The van der Waals surface area contributed by atoms with Crippen molar-refractivity contribution in [2.75, 3.05) is 0 Å². The third-order valence-electron chi connectivity index (χ3n) is 3.87. The van der Waals surface area contributed by atoms with Gasteiger partial charge in [0, 0.05) is 10.6 Å². The number of nitrogens with one attached hydrogen (secondary N) is 1. The van der Waals surface area contributed by atoms with E-state index in [0.717, 1.165) is 5.56 Å². The van der Waals surface area contributed by atoms with Gasteiger partial charge in [-0.15, -0.1) is 0 Å². The highest BCUT2D eigenvalue weighted by Gasteiger charge is 2.23. The van der Waals surface area contributed by atoms with Gasteiger partial charge in [-0.05, 0) is 39.3 Å². The number of aryl methyl sites for hydroxylation is 2. The van der Waals surface area contributed by atoms with Crippen LogP contribution in [0.15, 0.2) is 28.8 Å². The molecular formula is C19H23ClN2O4. The van der Waals surface area contributed by atoms with Crippen molar-refractivity contribution >= 4 is 23.5 Å². The first kappa shape index (κ1) is 20.0. The summed E-state index contributed by atoms with van der Waals surface area (Å²) in [7, 11) is 0. The first-order valence-corrected chi connectivity index (χ1v) is 8.80. The molecule has 0 unspecified atom stereocenters.